The minimum absolute atomic E-state index is 0.0414. The van der Waals surface area contributed by atoms with Crippen molar-refractivity contribution in [2.24, 2.45) is 0 Å². The molecule has 0 spiro atoms. The van der Waals surface area contributed by atoms with Gasteiger partial charge in [0.1, 0.15) is 4.75 Å². The van der Waals surface area contributed by atoms with Crippen LogP contribution in [-0.2, 0) is 11.4 Å². The summed E-state index contributed by atoms with van der Waals surface area (Å²) in [7, 11) is 0. The number of nitrogens with one attached hydrogen (secondary N) is 1. The van der Waals surface area contributed by atoms with Crippen LogP contribution in [0.1, 0.15) is 50.4 Å². The number of rotatable bonds is 3. The SMILES string of the molecule is Cc1cc([C@@H](C)N[S+]([O-])C(C)(C)C)cc(C)c1Cl. The van der Waals surface area contributed by atoms with Crippen molar-refractivity contribution in [3.8, 4) is 0 Å². The van der Waals surface area contributed by atoms with E-state index < -0.39 is 11.4 Å². The molecule has 0 aliphatic heterocycles. The molecule has 0 aliphatic rings. The van der Waals surface area contributed by atoms with Crippen molar-refractivity contribution in [2.75, 3.05) is 0 Å². The number of hydrogen-bond acceptors (Lipinski definition) is 2. The van der Waals surface area contributed by atoms with E-state index >= 15 is 0 Å². The molecule has 0 amide bonds. The molecule has 0 fully saturated rings. The monoisotopic (exact) mass is 287 g/mol. The first-order valence-electron chi connectivity index (χ1n) is 6.07. The molecule has 0 bridgehead atoms. The zero-order valence-electron chi connectivity index (χ0n) is 11.9. The van der Waals surface area contributed by atoms with E-state index in [4.69, 9.17) is 11.6 Å². The number of halogens is 1. The molecule has 4 heteroatoms. The van der Waals surface area contributed by atoms with Gasteiger partial charge in [-0.15, -0.1) is 4.72 Å². The summed E-state index contributed by atoms with van der Waals surface area (Å²) < 4.78 is 14.9. The fourth-order valence-corrected chi connectivity index (χ4v) is 2.55. The fraction of sp³-hybridized carbons (Fsp3) is 0.571. The second-order valence-electron chi connectivity index (χ2n) is 5.69. The van der Waals surface area contributed by atoms with Crippen LogP contribution in [0.4, 0.5) is 0 Å². The molecule has 1 aromatic carbocycles. The van der Waals surface area contributed by atoms with Crippen molar-refractivity contribution >= 4 is 23.0 Å². The Bertz CT molecular complexity index is 405. The second-order valence-corrected chi connectivity index (χ2v) is 8.07. The van der Waals surface area contributed by atoms with E-state index in [9.17, 15) is 4.55 Å². The Morgan fingerprint density at radius 3 is 2.06 bits per heavy atom. The lowest BCUT2D eigenvalue weighted by molar-refractivity contribution is 0.531. The normalized spacial score (nSPS) is 15.6. The fourth-order valence-electron chi connectivity index (χ4n) is 1.63. The highest BCUT2D eigenvalue weighted by atomic mass is 35.5. The Kier molecular flexibility index (Phi) is 5.13. The molecular weight excluding hydrogens is 266 g/mol. The highest BCUT2D eigenvalue weighted by molar-refractivity contribution is 7.90. The highest BCUT2D eigenvalue weighted by Crippen LogP contribution is 2.26. The zero-order valence-corrected chi connectivity index (χ0v) is 13.5. The second kappa shape index (κ2) is 5.83. The van der Waals surface area contributed by atoms with Gasteiger partial charge in [-0.2, -0.15) is 0 Å². The number of benzene rings is 1. The lowest BCUT2D eigenvalue weighted by Gasteiger charge is -2.27. The van der Waals surface area contributed by atoms with E-state index in [1.54, 1.807) is 0 Å². The molecule has 1 N–H and O–H groups in total. The minimum Gasteiger partial charge on any atom is -0.598 e. The van der Waals surface area contributed by atoms with Crippen LogP contribution in [-0.4, -0.2) is 9.30 Å². The third-order valence-corrected chi connectivity index (χ3v) is 5.07. The van der Waals surface area contributed by atoms with Crippen LogP contribution in [0.2, 0.25) is 5.02 Å². The number of aryl methyl sites for hydroxylation is 2. The molecule has 0 radical (unpaired) electrons. The molecule has 18 heavy (non-hydrogen) atoms. The Hall–Kier alpha value is -0.220. The van der Waals surface area contributed by atoms with Gasteiger partial charge in [0.05, 0.1) is 6.04 Å². The summed E-state index contributed by atoms with van der Waals surface area (Å²) in [5, 5.41) is 0.808. The van der Waals surface area contributed by atoms with Crippen molar-refractivity contribution in [3.05, 3.63) is 33.8 Å². The third-order valence-electron chi connectivity index (χ3n) is 2.80. The van der Waals surface area contributed by atoms with E-state index in [1.807, 2.05) is 53.7 Å². The van der Waals surface area contributed by atoms with Crippen LogP contribution in [0.5, 0.6) is 0 Å². The Morgan fingerprint density at radius 1 is 1.22 bits per heavy atom. The Morgan fingerprint density at radius 2 is 1.67 bits per heavy atom. The van der Waals surface area contributed by atoms with Crippen LogP contribution in [0, 0.1) is 13.8 Å². The summed E-state index contributed by atoms with van der Waals surface area (Å²) >= 11 is 5.08. The predicted octanol–water partition coefficient (Wildman–Crippen LogP) is 4.07. The summed E-state index contributed by atoms with van der Waals surface area (Å²) in [6.07, 6.45) is 0. The van der Waals surface area contributed by atoms with Crippen molar-refractivity contribution < 1.29 is 4.55 Å². The van der Waals surface area contributed by atoms with Gasteiger partial charge in [0, 0.05) is 16.4 Å². The van der Waals surface area contributed by atoms with Crippen LogP contribution in [0.15, 0.2) is 12.1 Å². The van der Waals surface area contributed by atoms with Gasteiger partial charge in [-0.3, -0.25) is 0 Å². The smallest absolute Gasteiger partial charge is 0.136 e. The van der Waals surface area contributed by atoms with E-state index in [0.717, 1.165) is 21.7 Å². The topological polar surface area (TPSA) is 35.1 Å². The standard InChI is InChI=1S/C14H22ClNOS/c1-9-7-12(8-10(2)13(9)15)11(3)16-18(17)14(4,5)6/h7-8,11,16H,1-6H3/t11-,18?/m1/s1. The third kappa shape index (κ3) is 3.89. The van der Waals surface area contributed by atoms with Crippen molar-refractivity contribution in [1.82, 2.24) is 4.72 Å². The summed E-state index contributed by atoms with van der Waals surface area (Å²) in [4.78, 5) is 0. The van der Waals surface area contributed by atoms with E-state index in [0.29, 0.717) is 0 Å². The molecule has 1 rings (SSSR count). The van der Waals surface area contributed by atoms with Crippen molar-refractivity contribution in [1.29, 1.82) is 0 Å². The maximum Gasteiger partial charge on any atom is 0.136 e. The van der Waals surface area contributed by atoms with Crippen LogP contribution in [0.25, 0.3) is 0 Å². The minimum atomic E-state index is -1.07. The summed E-state index contributed by atoms with van der Waals surface area (Å²) in [5.41, 5.74) is 3.23. The van der Waals surface area contributed by atoms with Gasteiger partial charge in [-0.05, 0) is 58.2 Å². The molecule has 0 aromatic heterocycles. The quantitative estimate of drug-likeness (QED) is 0.851. The lowest BCUT2D eigenvalue weighted by Crippen LogP contribution is -2.40. The van der Waals surface area contributed by atoms with Gasteiger partial charge in [0.2, 0.25) is 0 Å². The zero-order chi connectivity index (χ0) is 14.1. The molecular formula is C14H22ClNOS. The van der Waals surface area contributed by atoms with Crippen molar-refractivity contribution in [2.45, 2.75) is 52.3 Å². The van der Waals surface area contributed by atoms with Crippen LogP contribution in [0.3, 0.4) is 0 Å². The van der Waals surface area contributed by atoms with E-state index in [1.165, 1.54) is 0 Å². The van der Waals surface area contributed by atoms with Crippen LogP contribution >= 0.6 is 11.6 Å². The summed E-state index contributed by atoms with van der Waals surface area (Å²) in [6.45, 7) is 11.9. The average molecular weight is 288 g/mol. The summed E-state index contributed by atoms with van der Waals surface area (Å²) in [6, 6.07) is 4.14. The van der Waals surface area contributed by atoms with Gasteiger partial charge >= 0.3 is 0 Å². The molecule has 0 heterocycles. The molecule has 1 aromatic rings. The number of hydrogen-bond donors (Lipinski definition) is 1. The largest absolute Gasteiger partial charge is 0.598 e. The van der Waals surface area contributed by atoms with Gasteiger partial charge < -0.3 is 4.55 Å². The van der Waals surface area contributed by atoms with Crippen molar-refractivity contribution in [3.63, 3.8) is 0 Å². The molecule has 2 atom stereocenters. The molecule has 0 saturated heterocycles. The molecule has 0 aliphatic carbocycles. The maximum absolute atomic E-state index is 12.1. The van der Waals surface area contributed by atoms with Crippen LogP contribution < -0.4 is 4.72 Å². The molecule has 1 unspecified atom stereocenters. The Balaban J connectivity index is 2.88. The first-order valence-corrected chi connectivity index (χ1v) is 7.60. The Labute approximate surface area is 118 Å². The van der Waals surface area contributed by atoms with Gasteiger partial charge in [-0.1, -0.05) is 23.7 Å². The maximum atomic E-state index is 12.1. The summed E-state index contributed by atoms with van der Waals surface area (Å²) in [5.74, 6) is 0. The average Bonchev–Trinajstić information content (AvgIpc) is 2.23. The van der Waals surface area contributed by atoms with Gasteiger partial charge in [-0.25, -0.2) is 0 Å². The lowest BCUT2D eigenvalue weighted by atomic mass is 10.0. The predicted molar refractivity (Wildman–Crippen MR) is 80.4 cm³/mol. The van der Waals surface area contributed by atoms with E-state index in [2.05, 4.69) is 4.72 Å². The molecule has 2 nitrogen and oxygen atoms in total. The first kappa shape index (κ1) is 15.8. The van der Waals surface area contributed by atoms with E-state index in [-0.39, 0.29) is 10.8 Å². The molecule has 0 saturated carbocycles. The highest BCUT2D eigenvalue weighted by Gasteiger charge is 2.28. The first-order chi connectivity index (χ1) is 8.12. The molecule has 102 valence electrons. The van der Waals surface area contributed by atoms with Gasteiger partial charge in [0.25, 0.3) is 0 Å². The van der Waals surface area contributed by atoms with Gasteiger partial charge in [0.15, 0.2) is 0 Å².